The van der Waals surface area contributed by atoms with Gasteiger partial charge in [0.25, 0.3) is 0 Å². The normalized spacial score (nSPS) is 23.4. The fourth-order valence-corrected chi connectivity index (χ4v) is 5.92. The molecular weight excluding hydrogens is 498 g/mol. The second-order valence-electron chi connectivity index (χ2n) is 9.91. The second kappa shape index (κ2) is 11.6. The van der Waals surface area contributed by atoms with Gasteiger partial charge in [-0.15, -0.1) is 6.58 Å². The first-order valence-electron chi connectivity index (χ1n) is 12.4. The van der Waals surface area contributed by atoms with Gasteiger partial charge in [0.15, 0.2) is 17.4 Å². The van der Waals surface area contributed by atoms with Crippen molar-refractivity contribution in [2.24, 2.45) is 17.8 Å². The lowest BCUT2D eigenvalue weighted by Gasteiger charge is -2.42. The molecule has 4 unspecified atom stereocenters. The summed E-state index contributed by atoms with van der Waals surface area (Å²) in [5.74, 6) is -6.76. The summed E-state index contributed by atoms with van der Waals surface area (Å²) in [6.07, 6.45) is 9.57. The largest absolute Gasteiger partial charge is 0.429 e. The quantitative estimate of drug-likeness (QED) is 0.150. The Balaban J connectivity index is 1.44. The van der Waals surface area contributed by atoms with Crippen LogP contribution in [0, 0.1) is 41.0 Å². The van der Waals surface area contributed by atoms with Crippen LogP contribution in [0.15, 0.2) is 36.9 Å². The third-order valence-corrected chi connectivity index (χ3v) is 7.61. The molecule has 2 fully saturated rings. The molecule has 0 radical (unpaired) electrons. The molecule has 200 valence electrons. The van der Waals surface area contributed by atoms with Gasteiger partial charge in [0.1, 0.15) is 17.4 Å². The summed E-state index contributed by atoms with van der Waals surface area (Å²) in [6, 6.07) is 2.62. The van der Waals surface area contributed by atoms with E-state index in [1.807, 2.05) is 6.08 Å². The number of ether oxygens (including phenoxy) is 2. The van der Waals surface area contributed by atoms with Crippen LogP contribution in [0.5, 0.6) is 11.5 Å². The van der Waals surface area contributed by atoms with Gasteiger partial charge >= 0.3 is 12.6 Å². The molecule has 0 aromatic heterocycles. The third kappa shape index (κ3) is 6.30. The molecule has 0 amide bonds. The van der Waals surface area contributed by atoms with Crippen LogP contribution >= 0.6 is 0 Å². The van der Waals surface area contributed by atoms with Gasteiger partial charge < -0.3 is 9.47 Å². The number of carbonyl (C=O) groups is 1. The van der Waals surface area contributed by atoms with Crippen molar-refractivity contribution >= 4 is 5.97 Å². The lowest BCUT2D eigenvalue weighted by atomic mass is 9.63. The molecule has 0 saturated heterocycles. The average Bonchev–Trinajstić information content (AvgIpc) is 2.84. The number of carbonyl (C=O) groups excluding carboxylic acids is 1. The van der Waals surface area contributed by atoms with Gasteiger partial charge in [0.05, 0.1) is 5.56 Å². The monoisotopic (exact) mass is 526 g/mol. The number of benzene rings is 2. The highest BCUT2D eigenvalue weighted by molar-refractivity contribution is 5.91. The average molecular weight is 527 g/mol. The van der Waals surface area contributed by atoms with Gasteiger partial charge in [-0.3, -0.25) is 0 Å². The van der Waals surface area contributed by atoms with Crippen LogP contribution < -0.4 is 9.47 Å². The molecule has 2 aliphatic rings. The standard InChI is InChI=1S/C28H28F6O3/c1-2-3-4-15-5-6-17-10-18(8-7-16(17)9-15)25-21(29)11-19(12-22(25)30)27(35)36-20-13-23(31)26(24(32)14-20)37-28(33)34/h2,11-18,28H,1,3-10H2. The van der Waals surface area contributed by atoms with E-state index in [1.54, 1.807) is 0 Å². The highest BCUT2D eigenvalue weighted by Crippen LogP contribution is 2.49. The van der Waals surface area contributed by atoms with Crippen molar-refractivity contribution in [3.05, 3.63) is 71.3 Å². The number of esters is 1. The molecule has 0 aliphatic heterocycles. The lowest BCUT2D eigenvalue weighted by molar-refractivity contribution is -0.0547. The van der Waals surface area contributed by atoms with Gasteiger partial charge in [-0.1, -0.05) is 12.5 Å². The Hall–Kier alpha value is -2.97. The molecule has 2 aliphatic carbocycles. The molecule has 4 rings (SSSR count). The highest BCUT2D eigenvalue weighted by Gasteiger charge is 2.37. The zero-order valence-electron chi connectivity index (χ0n) is 20.1. The van der Waals surface area contributed by atoms with Crippen LogP contribution in [-0.4, -0.2) is 12.6 Å². The van der Waals surface area contributed by atoms with Crippen LogP contribution in [0.3, 0.4) is 0 Å². The number of fused-ring (bicyclic) bond motifs is 1. The topological polar surface area (TPSA) is 35.5 Å². The Morgan fingerprint density at radius 1 is 0.919 bits per heavy atom. The van der Waals surface area contributed by atoms with E-state index in [0.29, 0.717) is 42.7 Å². The van der Waals surface area contributed by atoms with E-state index in [2.05, 4.69) is 11.3 Å². The van der Waals surface area contributed by atoms with E-state index in [0.717, 1.165) is 50.7 Å². The molecule has 9 heteroatoms. The van der Waals surface area contributed by atoms with Gasteiger partial charge in [-0.2, -0.15) is 8.78 Å². The minimum absolute atomic E-state index is 0.0608. The minimum Gasteiger partial charge on any atom is -0.429 e. The third-order valence-electron chi connectivity index (χ3n) is 7.61. The maximum Gasteiger partial charge on any atom is 0.387 e. The van der Waals surface area contributed by atoms with Crippen molar-refractivity contribution in [2.75, 3.05) is 0 Å². The summed E-state index contributed by atoms with van der Waals surface area (Å²) < 4.78 is 91.0. The summed E-state index contributed by atoms with van der Waals surface area (Å²) in [5, 5.41) is 0. The van der Waals surface area contributed by atoms with Crippen molar-refractivity contribution < 1.29 is 40.6 Å². The summed E-state index contributed by atoms with van der Waals surface area (Å²) in [4.78, 5) is 12.4. The number of hydrogen-bond acceptors (Lipinski definition) is 3. The van der Waals surface area contributed by atoms with Crippen LogP contribution in [0.4, 0.5) is 26.3 Å². The number of halogens is 6. The van der Waals surface area contributed by atoms with Crippen molar-refractivity contribution in [3.63, 3.8) is 0 Å². The first-order chi connectivity index (χ1) is 17.7. The van der Waals surface area contributed by atoms with Gasteiger partial charge in [0, 0.05) is 17.7 Å². The first kappa shape index (κ1) is 27.1. The molecule has 0 N–H and O–H groups in total. The molecule has 0 heterocycles. The molecule has 2 saturated carbocycles. The van der Waals surface area contributed by atoms with Gasteiger partial charge in [0.2, 0.25) is 0 Å². The summed E-state index contributed by atoms with van der Waals surface area (Å²) in [7, 11) is 0. The molecular formula is C28H28F6O3. The Bertz CT molecular complexity index is 1100. The first-order valence-corrected chi connectivity index (χ1v) is 12.4. The Morgan fingerprint density at radius 3 is 2.16 bits per heavy atom. The maximum atomic E-state index is 15.1. The van der Waals surface area contributed by atoms with Gasteiger partial charge in [-0.25, -0.2) is 22.4 Å². The zero-order chi connectivity index (χ0) is 26.7. The van der Waals surface area contributed by atoms with E-state index in [-0.39, 0.29) is 11.5 Å². The number of rotatable bonds is 8. The van der Waals surface area contributed by atoms with E-state index >= 15 is 8.78 Å². The smallest absolute Gasteiger partial charge is 0.387 e. The minimum atomic E-state index is -3.46. The lowest BCUT2D eigenvalue weighted by Crippen LogP contribution is -2.31. The van der Waals surface area contributed by atoms with Crippen molar-refractivity contribution in [2.45, 2.75) is 63.9 Å². The summed E-state index contributed by atoms with van der Waals surface area (Å²) in [5.41, 5.74) is -0.543. The molecule has 3 nitrogen and oxygen atoms in total. The van der Waals surface area contributed by atoms with Crippen LogP contribution in [0.25, 0.3) is 0 Å². The van der Waals surface area contributed by atoms with Gasteiger partial charge in [-0.05, 0) is 80.8 Å². The Labute approximate surface area is 211 Å². The predicted molar refractivity (Wildman–Crippen MR) is 125 cm³/mol. The molecule has 0 spiro atoms. The molecule has 2 aromatic rings. The second-order valence-corrected chi connectivity index (χ2v) is 9.91. The number of hydrogen-bond donors (Lipinski definition) is 0. The van der Waals surface area contributed by atoms with E-state index in [9.17, 15) is 22.4 Å². The fourth-order valence-electron chi connectivity index (χ4n) is 5.92. The van der Waals surface area contributed by atoms with Crippen molar-refractivity contribution in [1.82, 2.24) is 0 Å². The molecule has 37 heavy (non-hydrogen) atoms. The molecule has 0 bridgehead atoms. The van der Waals surface area contributed by atoms with E-state index < -0.39 is 52.9 Å². The van der Waals surface area contributed by atoms with Crippen LogP contribution in [0.2, 0.25) is 0 Å². The molecule has 2 aromatic carbocycles. The van der Waals surface area contributed by atoms with Crippen molar-refractivity contribution in [3.8, 4) is 11.5 Å². The van der Waals surface area contributed by atoms with E-state index in [1.165, 1.54) is 0 Å². The fraction of sp³-hybridized carbons (Fsp3) is 0.464. The number of alkyl halides is 2. The SMILES string of the molecule is C=CCCC1CCC2CC(c3c(F)cc(C(=O)Oc4cc(F)c(OC(F)F)c(F)c4)cc3F)CCC2C1. The summed E-state index contributed by atoms with van der Waals surface area (Å²) >= 11 is 0. The predicted octanol–water partition coefficient (Wildman–Crippen LogP) is 8.33. The Morgan fingerprint density at radius 2 is 1.54 bits per heavy atom. The zero-order valence-corrected chi connectivity index (χ0v) is 20.1. The Kier molecular flexibility index (Phi) is 8.49. The van der Waals surface area contributed by atoms with Crippen LogP contribution in [-0.2, 0) is 0 Å². The highest BCUT2D eigenvalue weighted by atomic mass is 19.3. The maximum absolute atomic E-state index is 15.1. The van der Waals surface area contributed by atoms with E-state index in [4.69, 9.17) is 4.74 Å². The van der Waals surface area contributed by atoms with Crippen molar-refractivity contribution in [1.29, 1.82) is 0 Å². The molecule has 4 atom stereocenters. The van der Waals surface area contributed by atoms with Crippen LogP contribution in [0.1, 0.15) is 73.2 Å². The number of allylic oxidation sites excluding steroid dienone is 1. The summed E-state index contributed by atoms with van der Waals surface area (Å²) in [6.45, 7) is 0.322.